The molecule has 0 saturated heterocycles. The number of carboxylic acid groups (broad SMARTS) is 1. The summed E-state index contributed by atoms with van der Waals surface area (Å²) < 4.78 is 0. The molecule has 2 aromatic rings. The van der Waals surface area contributed by atoms with Crippen molar-refractivity contribution in [3.63, 3.8) is 0 Å². The van der Waals surface area contributed by atoms with Crippen molar-refractivity contribution < 1.29 is 19.5 Å². The number of amides is 2. The highest BCUT2D eigenvalue weighted by atomic mass is 35.5. The molecule has 1 heterocycles. The van der Waals surface area contributed by atoms with Gasteiger partial charge in [0.05, 0.1) is 12.5 Å². The summed E-state index contributed by atoms with van der Waals surface area (Å²) in [5, 5.41) is 12.2. The summed E-state index contributed by atoms with van der Waals surface area (Å²) in [7, 11) is 0. The molecule has 2 N–H and O–H groups in total. The summed E-state index contributed by atoms with van der Waals surface area (Å²) >= 11 is 12.5. The Morgan fingerprint density at radius 3 is 2.43 bits per heavy atom. The molecule has 9 heteroatoms. The quantitative estimate of drug-likeness (QED) is 0.436. The summed E-state index contributed by atoms with van der Waals surface area (Å²) in [6.45, 7) is 4.23. The van der Waals surface area contributed by atoms with Crippen LogP contribution in [0.15, 0.2) is 47.5 Å². The fraction of sp³-hybridized carbons (Fsp3) is 0.429. The summed E-state index contributed by atoms with van der Waals surface area (Å²) in [4.78, 5) is 43.8. The number of carboxylic acids is 1. The number of hydrogen-bond donors (Lipinski definition) is 2. The average Bonchev–Trinajstić information content (AvgIpc) is 3.08. The Morgan fingerprint density at radius 2 is 1.84 bits per heavy atom. The van der Waals surface area contributed by atoms with Crippen molar-refractivity contribution >= 4 is 46.7 Å². The Morgan fingerprint density at radius 1 is 1.19 bits per heavy atom. The lowest BCUT2D eigenvalue weighted by molar-refractivity contribution is -0.137. The van der Waals surface area contributed by atoms with Crippen LogP contribution in [0, 0.1) is 5.92 Å². The third-order valence-corrected chi connectivity index (χ3v) is 7.38. The Bertz CT molecular complexity index is 1190. The average molecular weight is 546 g/mol. The maximum Gasteiger partial charge on any atom is 0.305 e. The SMILES string of the molecule is C.CC1CCCC2(C1)N=C(c1cc(Cl)cc(Cl)c1)C(=O)N2[C@H](C)c1ccc(C(=O)NCCC(=O)O)cc1. The topological polar surface area (TPSA) is 99.1 Å². The highest BCUT2D eigenvalue weighted by Crippen LogP contribution is 2.46. The monoisotopic (exact) mass is 545 g/mol. The summed E-state index contributed by atoms with van der Waals surface area (Å²) in [6, 6.07) is 11.8. The molecule has 0 radical (unpaired) electrons. The van der Waals surface area contributed by atoms with E-state index in [4.69, 9.17) is 33.3 Å². The molecule has 1 aliphatic heterocycles. The van der Waals surface area contributed by atoms with Crippen LogP contribution in [-0.4, -0.2) is 45.7 Å². The molecule has 1 fully saturated rings. The van der Waals surface area contributed by atoms with Gasteiger partial charge in [-0.1, -0.05) is 56.1 Å². The molecular formula is C28H33Cl2N3O4. The standard InChI is InChI=1S/C27H29Cl2N3O4.CH4/c1-16-4-3-10-27(15-16)31-24(20-12-21(28)14-22(29)13-20)26(36)32(27)17(2)18-5-7-19(8-6-18)25(35)30-11-9-23(33)34;/h5-8,12-14,16-17H,3-4,9-11,15H2,1-2H3,(H,30,35)(H,33,34);1H4/t16?,17-,27?;/m1./s1. The Kier molecular flexibility index (Phi) is 9.03. The van der Waals surface area contributed by atoms with Crippen LogP contribution >= 0.6 is 23.2 Å². The molecular weight excluding hydrogens is 513 g/mol. The molecule has 1 saturated carbocycles. The molecule has 0 bridgehead atoms. The van der Waals surface area contributed by atoms with Crippen molar-refractivity contribution in [1.29, 1.82) is 0 Å². The van der Waals surface area contributed by atoms with Gasteiger partial charge in [0.15, 0.2) is 0 Å². The molecule has 0 aromatic heterocycles. The number of rotatable bonds is 7. The zero-order valence-corrected chi connectivity index (χ0v) is 21.8. The third kappa shape index (κ3) is 6.16. The second kappa shape index (κ2) is 11.7. The largest absolute Gasteiger partial charge is 0.481 e. The number of carbonyl (C=O) groups is 3. The summed E-state index contributed by atoms with van der Waals surface area (Å²) in [5.74, 6) is -1.05. The molecule has 4 rings (SSSR count). The number of benzene rings is 2. The molecule has 1 spiro atoms. The molecule has 7 nitrogen and oxygen atoms in total. The van der Waals surface area contributed by atoms with Crippen LogP contribution in [0.3, 0.4) is 0 Å². The molecule has 198 valence electrons. The Hall–Kier alpha value is -2.90. The van der Waals surface area contributed by atoms with Gasteiger partial charge in [0.1, 0.15) is 11.4 Å². The van der Waals surface area contributed by atoms with E-state index in [1.54, 1.807) is 30.3 Å². The first-order valence-electron chi connectivity index (χ1n) is 12.1. The van der Waals surface area contributed by atoms with Gasteiger partial charge in [-0.05, 0) is 68.0 Å². The predicted molar refractivity (Wildman–Crippen MR) is 146 cm³/mol. The molecule has 1 aliphatic carbocycles. The van der Waals surface area contributed by atoms with Gasteiger partial charge in [-0.3, -0.25) is 19.4 Å². The number of hydrogen-bond acceptors (Lipinski definition) is 4. The van der Waals surface area contributed by atoms with Gasteiger partial charge in [-0.25, -0.2) is 0 Å². The molecule has 2 aromatic carbocycles. The molecule has 2 amide bonds. The lowest BCUT2D eigenvalue weighted by Gasteiger charge is -2.44. The zero-order valence-electron chi connectivity index (χ0n) is 20.3. The van der Waals surface area contributed by atoms with Crippen LogP contribution in [0.1, 0.15) is 80.9 Å². The van der Waals surface area contributed by atoms with Crippen LogP contribution in [0.5, 0.6) is 0 Å². The Balaban J connectivity index is 0.00000380. The minimum atomic E-state index is -0.970. The number of halogens is 2. The number of nitrogens with one attached hydrogen (secondary N) is 1. The first kappa shape index (κ1) is 28.7. The van der Waals surface area contributed by atoms with Crippen LogP contribution < -0.4 is 5.32 Å². The molecule has 37 heavy (non-hydrogen) atoms. The van der Waals surface area contributed by atoms with Gasteiger partial charge < -0.3 is 15.3 Å². The second-order valence-electron chi connectivity index (χ2n) is 9.68. The second-order valence-corrected chi connectivity index (χ2v) is 10.5. The number of nitrogens with zero attached hydrogens (tertiary/aromatic N) is 2. The zero-order chi connectivity index (χ0) is 26.0. The van der Waals surface area contributed by atoms with Gasteiger partial charge >= 0.3 is 5.97 Å². The van der Waals surface area contributed by atoms with Crippen molar-refractivity contribution in [3.8, 4) is 0 Å². The summed E-state index contributed by atoms with van der Waals surface area (Å²) in [5.41, 5.74) is 1.64. The molecule has 3 atom stereocenters. The minimum absolute atomic E-state index is 0. The van der Waals surface area contributed by atoms with E-state index in [0.29, 0.717) is 32.8 Å². The van der Waals surface area contributed by atoms with E-state index in [0.717, 1.165) is 31.2 Å². The predicted octanol–water partition coefficient (Wildman–Crippen LogP) is 6.13. The van der Waals surface area contributed by atoms with Crippen LogP contribution in [0.25, 0.3) is 0 Å². The lowest BCUT2D eigenvalue weighted by Crippen LogP contribution is -2.50. The number of aliphatic imine (C=N–C) groups is 1. The van der Waals surface area contributed by atoms with Crippen LogP contribution in [-0.2, 0) is 9.59 Å². The highest BCUT2D eigenvalue weighted by molar-refractivity contribution is 6.47. The van der Waals surface area contributed by atoms with Crippen LogP contribution in [0.2, 0.25) is 10.0 Å². The minimum Gasteiger partial charge on any atom is -0.481 e. The normalized spacial score (nSPS) is 21.8. The van der Waals surface area contributed by atoms with Crippen LogP contribution in [0.4, 0.5) is 0 Å². The fourth-order valence-corrected chi connectivity index (χ4v) is 5.82. The fourth-order valence-electron chi connectivity index (χ4n) is 5.29. The number of carbonyl (C=O) groups excluding carboxylic acids is 2. The van der Waals surface area contributed by atoms with Gasteiger partial charge in [-0.2, -0.15) is 0 Å². The maximum absolute atomic E-state index is 13.9. The van der Waals surface area contributed by atoms with E-state index in [1.165, 1.54) is 0 Å². The maximum atomic E-state index is 13.9. The summed E-state index contributed by atoms with van der Waals surface area (Å²) in [6.07, 6.45) is 3.47. The van der Waals surface area contributed by atoms with E-state index >= 15 is 0 Å². The van der Waals surface area contributed by atoms with Gasteiger partial charge in [0.2, 0.25) is 0 Å². The first-order chi connectivity index (χ1) is 17.1. The van der Waals surface area contributed by atoms with E-state index in [2.05, 4.69) is 12.2 Å². The highest BCUT2D eigenvalue weighted by Gasteiger charge is 2.51. The van der Waals surface area contributed by atoms with Crippen molar-refractivity contribution in [1.82, 2.24) is 10.2 Å². The smallest absolute Gasteiger partial charge is 0.305 e. The van der Waals surface area contributed by atoms with Crippen molar-refractivity contribution in [3.05, 3.63) is 69.2 Å². The van der Waals surface area contributed by atoms with Gasteiger partial charge in [0, 0.05) is 27.7 Å². The van der Waals surface area contributed by atoms with Crippen molar-refractivity contribution in [2.75, 3.05) is 6.54 Å². The van der Waals surface area contributed by atoms with Crippen molar-refractivity contribution in [2.45, 2.75) is 65.1 Å². The van der Waals surface area contributed by atoms with E-state index in [-0.39, 0.29) is 38.2 Å². The van der Waals surface area contributed by atoms with E-state index in [9.17, 15) is 14.4 Å². The van der Waals surface area contributed by atoms with Gasteiger partial charge in [0.25, 0.3) is 11.8 Å². The third-order valence-electron chi connectivity index (χ3n) is 6.94. The van der Waals surface area contributed by atoms with E-state index < -0.39 is 11.6 Å². The number of aliphatic carboxylic acids is 1. The van der Waals surface area contributed by atoms with E-state index in [1.807, 2.05) is 24.0 Å². The Labute approximate surface area is 227 Å². The molecule has 2 aliphatic rings. The van der Waals surface area contributed by atoms with Gasteiger partial charge in [-0.15, -0.1) is 0 Å². The first-order valence-corrected chi connectivity index (χ1v) is 12.9. The molecule has 2 unspecified atom stereocenters. The van der Waals surface area contributed by atoms with Crippen molar-refractivity contribution in [2.24, 2.45) is 10.9 Å². The lowest BCUT2D eigenvalue weighted by atomic mass is 9.81.